The molecule has 0 aromatic heterocycles. The summed E-state index contributed by atoms with van der Waals surface area (Å²) >= 11 is 0. The van der Waals surface area contributed by atoms with E-state index >= 15 is 0 Å². The summed E-state index contributed by atoms with van der Waals surface area (Å²) in [5.41, 5.74) is 5.42. The zero-order valence-corrected chi connectivity index (χ0v) is 12.4. The van der Waals surface area contributed by atoms with Crippen LogP contribution in [-0.2, 0) is 10.3 Å². The fourth-order valence-corrected chi connectivity index (χ4v) is 1.63. The summed E-state index contributed by atoms with van der Waals surface area (Å²) in [7, 11) is -4.17. The minimum absolute atomic E-state index is 0.872. The quantitative estimate of drug-likeness (QED) is 0.423. The van der Waals surface area contributed by atoms with Crippen LogP contribution in [0.25, 0.3) is 0 Å². The number of hydrogen-bond acceptors (Lipinski definition) is 3. The second-order valence-electron chi connectivity index (χ2n) is 4.49. The first kappa shape index (κ1) is 20.2. The Kier molecular flexibility index (Phi) is 16.7. The monoisotopic (exact) mass is 282 g/mol. The number of hydrogen-bond donors (Lipinski definition) is 3. The zero-order chi connectivity index (χ0) is 14.3. The van der Waals surface area contributed by atoms with E-state index in [1.165, 1.54) is 64.2 Å². The Balaban J connectivity index is 0. The largest absolute Gasteiger partial charge is 0.330 e. The van der Waals surface area contributed by atoms with Crippen LogP contribution in [0.1, 0.15) is 71.1 Å². The fourth-order valence-electron chi connectivity index (χ4n) is 1.63. The van der Waals surface area contributed by atoms with E-state index in [2.05, 4.69) is 12.1 Å². The number of unbranched alkanes of at least 4 members (excludes halogenated alkanes) is 9. The number of rotatable bonds is 10. The SMILES string of the molecule is CCCCCCCCCCCCN.NS(=O)(=O)O. The van der Waals surface area contributed by atoms with Crippen molar-refractivity contribution in [1.29, 1.82) is 0 Å². The van der Waals surface area contributed by atoms with Gasteiger partial charge in [0.1, 0.15) is 0 Å². The van der Waals surface area contributed by atoms with E-state index in [-0.39, 0.29) is 0 Å². The molecule has 0 bridgehead atoms. The molecule has 0 unspecified atom stereocenters. The minimum atomic E-state index is -4.17. The standard InChI is InChI=1S/C12H27N.H3NO3S/c1-2-3-4-5-6-7-8-9-10-11-12-13;1-5(2,3)4/h2-13H2,1H3;(H3,1,2,3,4). The zero-order valence-electron chi connectivity index (χ0n) is 11.6. The van der Waals surface area contributed by atoms with Gasteiger partial charge < -0.3 is 5.73 Å². The van der Waals surface area contributed by atoms with Crippen molar-refractivity contribution < 1.29 is 13.0 Å². The van der Waals surface area contributed by atoms with Gasteiger partial charge in [0.25, 0.3) is 0 Å². The van der Waals surface area contributed by atoms with E-state index < -0.39 is 10.3 Å². The second kappa shape index (κ2) is 14.9. The summed E-state index contributed by atoms with van der Waals surface area (Å²) in [6.45, 7) is 3.14. The van der Waals surface area contributed by atoms with Gasteiger partial charge in [-0.1, -0.05) is 64.7 Å². The van der Waals surface area contributed by atoms with Gasteiger partial charge in [-0.3, -0.25) is 4.55 Å². The highest BCUT2D eigenvalue weighted by Crippen LogP contribution is 2.09. The van der Waals surface area contributed by atoms with Crippen LogP contribution in [0.2, 0.25) is 0 Å². The van der Waals surface area contributed by atoms with Crippen LogP contribution in [0.15, 0.2) is 0 Å². The first-order valence-electron chi connectivity index (χ1n) is 6.87. The molecule has 0 aliphatic carbocycles. The predicted molar refractivity (Wildman–Crippen MR) is 76.6 cm³/mol. The lowest BCUT2D eigenvalue weighted by atomic mass is 10.1. The van der Waals surface area contributed by atoms with Gasteiger partial charge in [0.2, 0.25) is 0 Å². The van der Waals surface area contributed by atoms with Crippen molar-refractivity contribution in [3.63, 3.8) is 0 Å². The van der Waals surface area contributed by atoms with Crippen molar-refractivity contribution >= 4 is 10.3 Å². The molecule has 0 aliphatic rings. The molecule has 5 nitrogen and oxygen atoms in total. The van der Waals surface area contributed by atoms with Crippen molar-refractivity contribution in [3.05, 3.63) is 0 Å². The molecule has 0 rings (SSSR count). The first-order valence-corrected chi connectivity index (χ1v) is 8.37. The summed E-state index contributed by atoms with van der Waals surface area (Å²) in [6, 6.07) is 0. The van der Waals surface area contributed by atoms with E-state index in [1.807, 2.05) is 0 Å². The molecule has 0 aliphatic heterocycles. The molecule has 0 aromatic carbocycles. The molecule has 0 saturated carbocycles. The Hall–Kier alpha value is -0.170. The van der Waals surface area contributed by atoms with Gasteiger partial charge in [-0.2, -0.15) is 8.42 Å². The normalized spacial score (nSPS) is 10.9. The number of nitrogens with two attached hydrogens (primary N) is 2. The Morgan fingerprint density at radius 2 is 1.11 bits per heavy atom. The predicted octanol–water partition coefficient (Wildman–Crippen LogP) is 2.61. The topological polar surface area (TPSA) is 106 Å². The van der Waals surface area contributed by atoms with Crippen molar-refractivity contribution in [2.75, 3.05) is 6.54 Å². The van der Waals surface area contributed by atoms with Crippen molar-refractivity contribution in [1.82, 2.24) is 0 Å². The molecule has 6 heteroatoms. The average Bonchev–Trinajstić information content (AvgIpc) is 2.25. The highest BCUT2D eigenvalue weighted by atomic mass is 32.2. The van der Waals surface area contributed by atoms with Gasteiger partial charge in [-0.05, 0) is 13.0 Å². The molecule has 0 saturated heterocycles. The van der Waals surface area contributed by atoms with Crippen molar-refractivity contribution in [3.8, 4) is 0 Å². The second-order valence-corrected chi connectivity index (χ2v) is 5.52. The summed E-state index contributed by atoms with van der Waals surface area (Å²) < 4.78 is 25.2. The summed E-state index contributed by atoms with van der Waals surface area (Å²) in [4.78, 5) is 0. The molecule has 18 heavy (non-hydrogen) atoms. The smallest absolute Gasteiger partial charge is 0.330 e. The molecule has 5 N–H and O–H groups in total. The van der Waals surface area contributed by atoms with Gasteiger partial charge in [-0.15, -0.1) is 0 Å². The van der Waals surface area contributed by atoms with E-state index in [9.17, 15) is 0 Å². The summed E-state index contributed by atoms with van der Waals surface area (Å²) in [6.07, 6.45) is 13.9. The molecule has 0 aromatic rings. The summed E-state index contributed by atoms with van der Waals surface area (Å²) in [5, 5.41) is 3.88. The van der Waals surface area contributed by atoms with Gasteiger partial charge in [-0.25, -0.2) is 5.14 Å². The molecule has 0 radical (unpaired) electrons. The maximum Gasteiger partial charge on any atom is 0.330 e. The average molecular weight is 282 g/mol. The van der Waals surface area contributed by atoms with Crippen LogP contribution >= 0.6 is 0 Å². The molecule has 112 valence electrons. The Morgan fingerprint density at radius 3 is 1.39 bits per heavy atom. The molecule has 0 atom stereocenters. The van der Waals surface area contributed by atoms with E-state index in [0.717, 1.165) is 6.54 Å². The van der Waals surface area contributed by atoms with Crippen LogP contribution in [0.4, 0.5) is 0 Å². The van der Waals surface area contributed by atoms with Gasteiger partial charge in [0.05, 0.1) is 0 Å². The third kappa shape index (κ3) is 36.0. The molecular formula is C12H30N2O3S. The Labute approximate surface area is 112 Å². The minimum Gasteiger partial charge on any atom is -0.330 e. The van der Waals surface area contributed by atoms with Crippen molar-refractivity contribution in [2.45, 2.75) is 71.1 Å². The lowest BCUT2D eigenvalue weighted by Crippen LogP contribution is -2.08. The Morgan fingerprint density at radius 1 is 0.833 bits per heavy atom. The third-order valence-electron chi connectivity index (χ3n) is 2.56. The van der Waals surface area contributed by atoms with Gasteiger partial charge in [0, 0.05) is 0 Å². The Bertz CT molecular complexity index is 226. The molecule has 0 heterocycles. The summed E-state index contributed by atoms with van der Waals surface area (Å²) in [5.74, 6) is 0. The lowest BCUT2D eigenvalue weighted by Gasteiger charge is -2.00. The molecule has 0 spiro atoms. The van der Waals surface area contributed by atoms with Gasteiger partial charge in [0.15, 0.2) is 0 Å². The molecule has 0 amide bonds. The molecular weight excluding hydrogens is 252 g/mol. The van der Waals surface area contributed by atoms with Crippen molar-refractivity contribution in [2.24, 2.45) is 10.9 Å². The van der Waals surface area contributed by atoms with E-state index in [0.29, 0.717) is 0 Å². The van der Waals surface area contributed by atoms with Gasteiger partial charge >= 0.3 is 10.3 Å². The highest BCUT2D eigenvalue weighted by molar-refractivity contribution is 7.83. The molecule has 0 fully saturated rings. The lowest BCUT2D eigenvalue weighted by molar-refractivity contribution is 0.485. The maximum absolute atomic E-state index is 8.97. The van der Waals surface area contributed by atoms with E-state index in [1.54, 1.807) is 0 Å². The van der Waals surface area contributed by atoms with Crippen LogP contribution in [-0.4, -0.2) is 19.5 Å². The van der Waals surface area contributed by atoms with Crippen LogP contribution in [0.5, 0.6) is 0 Å². The fraction of sp³-hybridized carbons (Fsp3) is 1.00. The highest BCUT2D eigenvalue weighted by Gasteiger charge is 1.91. The van der Waals surface area contributed by atoms with E-state index in [4.69, 9.17) is 18.7 Å². The third-order valence-corrected chi connectivity index (χ3v) is 2.56. The first-order chi connectivity index (χ1) is 8.41. The maximum atomic E-state index is 8.97. The van der Waals surface area contributed by atoms with Crippen LogP contribution < -0.4 is 10.9 Å². The van der Waals surface area contributed by atoms with Crippen LogP contribution in [0.3, 0.4) is 0 Å². The van der Waals surface area contributed by atoms with Crippen LogP contribution in [0, 0.1) is 0 Å².